The molecular formula is C12H14N4O2S. The van der Waals surface area contributed by atoms with Crippen LogP contribution in [0.15, 0.2) is 18.3 Å². The maximum atomic E-state index is 12.3. The normalized spacial score (nSPS) is 18.9. The average molecular weight is 278 g/mol. The van der Waals surface area contributed by atoms with Crippen molar-refractivity contribution >= 4 is 29.0 Å². The summed E-state index contributed by atoms with van der Waals surface area (Å²) in [4.78, 5) is 29.6. The summed E-state index contributed by atoms with van der Waals surface area (Å²) < 4.78 is 0. The van der Waals surface area contributed by atoms with Crippen LogP contribution in [-0.4, -0.2) is 45.8 Å². The molecule has 0 spiro atoms. The molecule has 0 aromatic carbocycles. The Kier molecular flexibility index (Phi) is 3.75. The van der Waals surface area contributed by atoms with Crippen molar-refractivity contribution in [1.29, 1.82) is 0 Å². The van der Waals surface area contributed by atoms with E-state index in [1.807, 2.05) is 0 Å². The maximum absolute atomic E-state index is 12.3. The standard InChI is InChI=1S/C12H14N4O2S/c1-7-11(17)14-4-5-16(7)12(18)9-3-2-8(6-15-9)10(13)19/h2-3,6-7H,4-5H2,1H3,(H2,13,19)(H,14,17). The van der Waals surface area contributed by atoms with Crippen LogP contribution in [0, 0.1) is 0 Å². The van der Waals surface area contributed by atoms with Gasteiger partial charge in [0.1, 0.15) is 16.7 Å². The second kappa shape index (κ2) is 5.31. The van der Waals surface area contributed by atoms with Gasteiger partial charge in [-0.05, 0) is 19.1 Å². The van der Waals surface area contributed by atoms with E-state index in [1.165, 1.54) is 11.1 Å². The van der Waals surface area contributed by atoms with Crippen molar-refractivity contribution in [2.24, 2.45) is 5.73 Å². The van der Waals surface area contributed by atoms with Crippen LogP contribution in [0.1, 0.15) is 23.0 Å². The van der Waals surface area contributed by atoms with E-state index in [1.54, 1.807) is 19.1 Å². The summed E-state index contributed by atoms with van der Waals surface area (Å²) in [5.74, 6) is -0.420. The molecule has 6 nitrogen and oxygen atoms in total. The van der Waals surface area contributed by atoms with E-state index in [-0.39, 0.29) is 22.5 Å². The number of piperazine rings is 1. The van der Waals surface area contributed by atoms with Crippen molar-refractivity contribution in [3.05, 3.63) is 29.6 Å². The fourth-order valence-electron chi connectivity index (χ4n) is 1.87. The molecule has 2 heterocycles. The number of amides is 2. The first kappa shape index (κ1) is 13.4. The van der Waals surface area contributed by atoms with Gasteiger partial charge in [-0.1, -0.05) is 12.2 Å². The fourth-order valence-corrected chi connectivity index (χ4v) is 1.99. The molecule has 1 fully saturated rings. The molecule has 1 unspecified atom stereocenters. The van der Waals surface area contributed by atoms with Crippen molar-refractivity contribution in [1.82, 2.24) is 15.2 Å². The summed E-state index contributed by atoms with van der Waals surface area (Å²) >= 11 is 4.82. The zero-order valence-electron chi connectivity index (χ0n) is 10.4. The Morgan fingerprint density at radius 3 is 2.89 bits per heavy atom. The molecule has 1 aliphatic heterocycles. The second-order valence-corrected chi connectivity index (χ2v) is 4.70. The molecule has 0 saturated carbocycles. The Balaban J connectivity index is 2.19. The molecule has 0 bridgehead atoms. The molecule has 1 atom stereocenters. The number of nitrogens with zero attached hydrogens (tertiary/aromatic N) is 2. The number of pyridine rings is 1. The molecule has 0 aliphatic carbocycles. The summed E-state index contributed by atoms with van der Waals surface area (Å²) in [7, 11) is 0. The third-order valence-corrected chi connectivity index (χ3v) is 3.26. The van der Waals surface area contributed by atoms with E-state index in [9.17, 15) is 9.59 Å². The first-order chi connectivity index (χ1) is 9.00. The first-order valence-electron chi connectivity index (χ1n) is 5.85. The topological polar surface area (TPSA) is 88.3 Å². The third-order valence-electron chi connectivity index (χ3n) is 3.03. The summed E-state index contributed by atoms with van der Waals surface area (Å²) in [5, 5.41) is 2.71. The van der Waals surface area contributed by atoms with Crippen LogP contribution >= 0.6 is 12.2 Å². The number of thiocarbonyl (C=S) groups is 1. The number of nitrogens with one attached hydrogen (secondary N) is 1. The summed E-state index contributed by atoms with van der Waals surface area (Å²) in [5.41, 5.74) is 6.35. The molecule has 19 heavy (non-hydrogen) atoms. The maximum Gasteiger partial charge on any atom is 0.273 e. The number of hydrogen-bond donors (Lipinski definition) is 2. The largest absolute Gasteiger partial charge is 0.389 e. The zero-order chi connectivity index (χ0) is 14.0. The highest BCUT2D eigenvalue weighted by Gasteiger charge is 2.30. The van der Waals surface area contributed by atoms with Crippen molar-refractivity contribution in [2.45, 2.75) is 13.0 Å². The van der Waals surface area contributed by atoms with E-state index in [0.717, 1.165) is 0 Å². The molecule has 100 valence electrons. The van der Waals surface area contributed by atoms with E-state index < -0.39 is 6.04 Å². The van der Waals surface area contributed by atoms with Gasteiger partial charge in [0.05, 0.1) is 0 Å². The minimum absolute atomic E-state index is 0.153. The average Bonchev–Trinajstić information content (AvgIpc) is 2.41. The lowest BCUT2D eigenvalue weighted by molar-refractivity contribution is -0.127. The Labute approximate surface area is 116 Å². The van der Waals surface area contributed by atoms with Gasteiger partial charge >= 0.3 is 0 Å². The zero-order valence-corrected chi connectivity index (χ0v) is 11.2. The molecule has 1 saturated heterocycles. The Morgan fingerprint density at radius 1 is 1.58 bits per heavy atom. The molecule has 2 amide bonds. The van der Waals surface area contributed by atoms with E-state index in [4.69, 9.17) is 18.0 Å². The number of carbonyl (C=O) groups excluding carboxylic acids is 2. The van der Waals surface area contributed by atoms with Crippen LogP contribution in [0.3, 0.4) is 0 Å². The minimum Gasteiger partial charge on any atom is -0.389 e. The molecule has 1 aromatic rings. The SMILES string of the molecule is CC1C(=O)NCCN1C(=O)c1ccc(C(N)=S)cn1. The van der Waals surface area contributed by atoms with Crippen LogP contribution in [0.5, 0.6) is 0 Å². The van der Waals surface area contributed by atoms with Gasteiger partial charge in [-0.15, -0.1) is 0 Å². The lowest BCUT2D eigenvalue weighted by Crippen LogP contribution is -2.55. The van der Waals surface area contributed by atoms with Gasteiger partial charge in [0.25, 0.3) is 5.91 Å². The third kappa shape index (κ3) is 2.70. The van der Waals surface area contributed by atoms with Crippen LogP contribution in [-0.2, 0) is 4.79 Å². The quantitative estimate of drug-likeness (QED) is 0.724. The highest BCUT2D eigenvalue weighted by molar-refractivity contribution is 7.80. The van der Waals surface area contributed by atoms with Gasteiger partial charge < -0.3 is 16.0 Å². The lowest BCUT2D eigenvalue weighted by atomic mass is 10.1. The van der Waals surface area contributed by atoms with Crippen molar-refractivity contribution in [3.8, 4) is 0 Å². The smallest absolute Gasteiger partial charge is 0.273 e. The number of nitrogens with two attached hydrogens (primary N) is 1. The van der Waals surface area contributed by atoms with Gasteiger partial charge in [0.2, 0.25) is 5.91 Å². The first-order valence-corrected chi connectivity index (χ1v) is 6.26. The summed E-state index contributed by atoms with van der Waals surface area (Å²) in [6, 6.07) is 2.73. The number of hydrogen-bond acceptors (Lipinski definition) is 4. The minimum atomic E-state index is -0.488. The van der Waals surface area contributed by atoms with Crippen LogP contribution in [0.2, 0.25) is 0 Å². The second-order valence-electron chi connectivity index (χ2n) is 4.26. The van der Waals surface area contributed by atoms with Gasteiger partial charge in [0, 0.05) is 24.8 Å². The van der Waals surface area contributed by atoms with Gasteiger partial charge in [-0.25, -0.2) is 0 Å². The van der Waals surface area contributed by atoms with Crippen LogP contribution < -0.4 is 11.1 Å². The van der Waals surface area contributed by atoms with Gasteiger partial charge in [0.15, 0.2) is 0 Å². The molecule has 0 radical (unpaired) electrons. The molecule has 3 N–H and O–H groups in total. The summed E-state index contributed by atoms with van der Waals surface area (Å²) in [6.45, 7) is 2.63. The Hall–Kier alpha value is -2.02. The molecule has 7 heteroatoms. The van der Waals surface area contributed by atoms with Crippen molar-refractivity contribution in [3.63, 3.8) is 0 Å². The monoisotopic (exact) mass is 278 g/mol. The van der Waals surface area contributed by atoms with Crippen molar-refractivity contribution in [2.75, 3.05) is 13.1 Å². The highest BCUT2D eigenvalue weighted by Crippen LogP contribution is 2.10. The van der Waals surface area contributed by atoms with Crippen molar-refractivity contribution < 1.29 is 9.59 Å². The van der Waals surface area contributed by atoms with Gasteiger partial charge in [-0.2, -0.15) is 0 Å². The molecule has 2 rings (SSSR count). The van der Waals surface area contributed by atoms with E-state index in [0.29, 0.717) is 18.7 Å². The summed E-state index contributed by atoms with van der Waals surface area (Å²) in [6.07, 6.45) is 1.46. The van der Waals surface area contributed by atoms with Crippen LogP contribution in [0.25, 0.3) is 0 Å². The Bertz CT molecular complexity index is 529. The predicted octanol–water partition coefficient (Wildman–Crippen LogP) is -0.324. The Morgan fingerprint density at radius 2 is 2.32 bits per heavy atom. The number of carbonyl (C=O) groups is 2. The molecule has 1 aromatic heterocycles. The van der Waals surface area contributed by atoms with E-state index in [2.05, 4.69) is 10.3 Å². The highest BCUT2D eigenvalue weighted by atomic mass is 32.1. The molecule has 1 aliphatic rings. The van der Waals surface area contributed by atoms with Gasteiger partial charge in [-0.3, -0.25) is 14.6 Å². The lowest BCUT2D eigenvalue weighted by Gasteiger charge is -2.32. The fraction of sp³-hybridized carbons (Fsp3) is 0.333. The number of aromatic nitrogens is 1. The van der Waals surface area contributed by atoms with Crippen LogP contribution in [0.4, 0.5) is 0 Å². The number of rotatable bonds is 2. The van der Waals surface area contributed by atoms with E-state index >= 15 is 0 Å². The predicted molar refractivity (Wildman–Crippen MR) is 73.6 cm³/mol. The molecular weight excluding hydrogens is 264 g/mol.